The van der Waals surface area contributed by atoms with Gasteiger partial charge in [-0.05, 0) is 103 Å². The van der Waals surface area contributed by atoms with Crippen LogP contribution in [0.5, 0.6) is 5.75 Å². The number of aromatic nitrogens is 2. The van der Waals surface area contributed by atoms with Crippen LogP contribution in [-0.2, 0) is 27.3 Å². The number of nitrogens with one attached hydrogen (secondary N) is 1. The van der Waals surface area contributed by atoms with E-state index in [2.05, 4.69) is 18.3 Å². The maximum atomic E-state index is 13.9. The lowest BCUT2D eigenvalue weighted by Crippen LogP contribution is -2.55. The fourth-order valence-electron chi connectivity index (χ4n) is 8.55. The Morgan fingerprint density at radius 2 is 1.50 bits per heavy atom. The van der Waals surface area contributed by atoms with Crippen molar-refractivity contribution < 1.29 is 29.0 Å². The molecule has 3 amide bonds. The van der Waals surface area contributed by atoms with E-state index in [4.69, 9.17) is 14.7 Å². The molecule has 1 unspecified atom stereocenters. The standard InChI is InChI=1S/C47H53N5O6/c1-3-31-4-10-34(11-5-31)35-14-16-36(17-15-35)39-25-48-45(49-26-39)37-12-6-33(7-13-37)27-52(30-44(54)51-28-40(29-51)47(56)57)46(55)38-18-20-41(21-19-38)50-43(53)24-32-8-22-42(58-2)23-9-32/h6-9,12-13,16,18-23,25-26,31,34-35,40H,3-5,10-11,14-15,17,24,27-30H2,1-2H3,(H,50,53)(H,56,57). The van der Waals surface area contributed by atoms with E-state index < -0.39 is 11.9 Å². The first-order valence-electron chi connectivity index (χ1n) is 20.6. The van der Waals surface area contributed by atoms with E-state index in [0.29, 0.717) is 22.8 Å². The first-order valence-corrected chi connectivity index (χ1v) is 20.6. The van der Waals surface area contributed by atoms with Crippen molar-refractivity contribution in [3.05, 3.63) is 114 Å². The second-order valence-corrected chi connectivity index (χ2v) is 16.1. The Morgan fingerprint density at radius 1 is 0.828 bits per heavy atom. The summed E-state index contributed by atoms with van der Waals surface area (Å²) in [5, 5.41) is 12.2. The van der Waals surface area contributed by atoms with E-state index in [1.54, 1.807) is 43.5 Å². The fraction of sp³-hybridized carbons (Fsp3) is 0.404. The molecule has 7 rings (SSSR count). The third-order valence-electron chi connectivity index (χ3n) is 12.3. The summed E-state index contributed by atoms with van der Waals surface area (Å²) < 4.78 is 5.18. The molecule has 0 radical (unpaired) electrons. The summed E-state index contributed by atoms with van der Waals surface area (Å²) in [6.45, 7) is 2.49. The van der Waals surface area contributed by atoms with Crippen LogP contribution >= 0.6 is 0 Å². The van der Waals surface area contributed by atoms with Gasteiger partial charge in [0.15, 0.2) is 5.82 Å². The molecule has 1 saturated carbocycles. The maximum absolute atomic E-state index is 13.9. The summed E-state index contributed by atoms with van der Waals surface area (Å²) in [4.78, 5) is 63.6. The van der Waals surface area contributed by atoms with Crippen molar-refractivity contribution in [3.8, 4) is 17.1 Å². The van der Waals surface area contributed by atoms with Crippen molar-refractivity contribution >= 4 is 35.0 Å². The average molecular weight is 784 g/mol. The number of anilines is 1. The molecule has 11 nitrogen and oxygen atoms in total. The lowest BCUT2D eigenvalue weighted by Gasteiger charge is -2.38. The van der Waals surface area contributed by atoms with Gasteiger partial charge in [-0.2, -0.15) is 0 Å². The number of allylic oxidation sites excluding steroid dienone is 2. The molecule has 1 saturated heterocycles. The SMILES string of the molecule is CCC1CCC(C2CC=C(c3cnc(-c4ccc(CN(CC(=O)N5CC(C(=O)O)C5)C(=O)c5ccc(NC(=O)Cc6ccc(OC)cc6)cc5)cc4)nc3)CC2)CC1. The number of carboxylic acid groups (broad SMARTS) is 1. The molecule has 3 aromatic carbocycles. The van der Waals surface area contributed by atoms with Gasteiger partial charge in [-0.3, -0.25) is 19.2 Å². The van der Waals surface area contributed by atoms with Crippen LogP contribution in [0, 0.1) is 23.7 Å². The van der Waals surface area contributed by atoms with Gasteiger partial charge >= 0.3 is 5.97 Å². The highest BCUT2D eigenvalue weighted by atomic mass is 16.5. The molecular formula is C47H53N5O6. The molecule has 0 bridgehead atoms. The number of amides is 3. The first kappa shape index (κ1) is 40.4. The van der Waals surface area contributed by atoms with Gasteiger partial charge in [0, 0.05) is 54.4 Å². The molecule has 3 aliphatic rings. The number of rotatable bonds is 14. The maximum Gasteiger partial charge on any atom is 0.310 e. The second-order valence-electron chi connectivity index (χ2n) is 16.1. The fourth-order valence-corrected chi connectivity index (χ4v) is 8.55. The molecule has 2 heterocycles. The van der Waals surface area contributed by atoms with E-state index in [9.17, 15) is 24.3 Å². The van der Waals surface area contributed by atoms with Crippen molar-refractivity contribution in [3.63, 3.8) is 0 Å². The van der Waals surface area contributed by atoms with Crippen LogP contribution in [0.15, 0.2) is 91.3 Å². The summed E-state index contributed by atoms with van der Waals surface area (Å²) in [6.07, 6.45) is 16.7. The van der Waals surface area contributed by atoms with Crippen LogP contribution in [0.25, 0.3) is 17.0 Å². The van der Waals surface area contributed by atoms with Gasteiger partial charge in [0.2, 0.25) is 11.8 Å². The minimum atomic E-state index is -0.939. The highest BCUT2D eigenvalue weighted by Crippen LogP contribution is 2.41. The number of carbonyl (C=O) groups excluding carboxylic acids is 3. The van der Waals surface area contributed by atoms with Gasteiger partial charge in [0.1, 0.15) is 12.3 Å². The number of hydrogen-bond donors (Lipinski definition) is 2. The highest BCUT2D eigenvalue weighted by molar-refractivity contribution is 5.98. The van der Waals surface area contributed by atoms with E-state index in [1.165, 1.54) is 53.9 Å². The number of carboxylic acids is 1. The third kappa shape index (κ3) is 9.99. The largest absolute Gasteiger partial charge is 0.497 e. The number of hydrogen-bond acceptors (Lipinski definition) is 7. The minimum absolute atomic E-state index is 0.117. The van der Waals surface area contributed by atoms with E-state index in [1.807, 2.05) is 48.8 Å². The van der Waals surface area contributed by atoms with Crippen LogP contribution in [0.2, 0.25) is 0 Å². The van der Waals surface area contributed by atoms with E-state index in [-0.39, 0.29) is 50.3 Å². The Bertz CT molecular complexity index is 2090. The van der Waals surface area contributed by atoms with Gasteiger partial charge in [0.25, 0.3) is 5.91 Å². The zero-order valence-corrected chi connectivity index (χ0v) is 33.4. The summed E-state index contributed by atoms with van der Waals surface area (Å²) in [6, 6.07) is 21.5. The molecule has 1 aliphatic heterocycles. The van der Waals surface area contributed by atoms with Gasteiger partial charge in [-0.25, -0.2) is 9.97 Å². The topological polar surface area (TPSA) is 142 Å². The van der Waals surface area contributed by atoms with Gasteiger partial charge in [-0.1, -0.05) is 68.7 Å². The molecule has 302 valence electrons. The predicted molar refractivity (Wildman–Crippen MR) is 223 cm³/mol. The number of methoxy groups -OCH3 is 1. The van der Waals surface area contributed by atoms with E-state index >= 15 is 0 Å². The summed E-state index contributed by atoms with van der Waals surface area (Å²) in [5.41, 5.74) is 5.78. The number of carbonyl (C=O) groups is 4. The van der Waals surface area contributed by atoms with Gasteiger partial charge in [-0.15, -0.1) is 0 Å². The lowest BCUT2D eigenvalue weighted by molar-refractivity contribution is -0.153. The number of likely N-dealkylation sites (tertiary alicyclic amines) is 1. The first-order chi connectivity index (χ1) is 28.1. The summed E-state index contributed by atoms with van der Waals surface area (Å²) >= 11 is 0. The Hall–Kier alpha value is -5.84. The number of benzene rings is 3. The van der Waals surface area contributed by atoms with Crippen LogP contribution in [-0.4, -0.2) is 75.3 Å². The van der Waals surface area contributed by atoms with Crippen molar-refractivity contribution in [2.45, 2.75) is 71.3 Å². The quantitative estimate of drug-likeness (QED) is 0.131. The zero-order valence-electron chi connectivity index (χ0n) is 33.4. The van der Waals surface area contributed by atoms with Crippen molar-refractivity contribution in [1.82, 2.24) is 19.8 Å². The molecule has 2 N–H and O–H groups in total. The molecule has 58 heavy (non-hydrogen) atoms. The monoisotopic (exact) mass is 783 g/mol. The predicted octanol–water partition coefficient (Wildman–Crippen LogP) is 7.92. The van der Waals surface area contributed by atoms with Crippen LogP contribution in [0.1, 0.15) is 85.3 Å². The lowest BCUT2D eigenvalue weighted by atomic mass is 9.71. The van der Waals surface area contributed by atoms with Crippen LogP contribution in [0.4, 0.5) is 5.69 Å². The Morgan fingerprint density at radius 3 is 2.10 bits per heavy atom. The number of aliphatic carboxylic acids is 1. The Balaban J connectivity index is 0.979. The van der Waals surface area contributed by atoms with Crippen molar-refractivity contribution in [1.29, 1.82) is 0 Å². The van der Waals surface area contributed by atoms with Gasteiger partial charge in [0.05, 0.1) is 19.4 Å². The zero-order chi connectivity index (χ0) is 40.6. The van der Waals surface area contributed by atoms with Crippen molar-refractivity contribution in [2.24, 2.45) is 23.7 Å². The molecule has 1 atom stereocenters. The molecule has 4 aromatic rings. The smallest absolute Gasteiger partial charge is 0.310 e. The highest BCUT2D eigenvalue weighted by Gasteiger charge is 2.36. The molecule has 0 spiro atoms. The third-order valence-corrected chi connectivity index (χ3v) is 12.3. The molecule has 1 aromatic heterocycles. The van der Waals surface area contributed by atoms with E-state index in [0.717, 1.165) is 52.8 Å². The molecular weight excluding hydrogens is 731 g/mol. The molecule has 2 fully saturated rings. The number of ether oxygens (including phenoxy) is 1. The second kappa shape index (κ2) is 18.6. The van der Waals surface area contributed by atoms with Crippen LogP contribution < -0.4 is 10.1 Å². The minimum Gasteiger partial charge on any atom is -0.497 e. The number of nitrogens with zero attached hydrogens (tertiary/aromatic N) is 4. The summed E-state index contributed by atoms with van der Waals surface area (Å²) in [7, 11) is 1.59. The molecule has 11 heteroatoms. The summed E-state index contributed by atoms with van der Waals surface area (Å²) in [5.74, 6) is 1.48. The molecule has 2 aliphatic carbocycles. The van der Waals surface area contributed by atoms with Crippen molar-refractivity contribution in [2.75, 3.05) is 32.1 Å². The average Bonchev–Trinajstić information content (AvgIpc) is 3.23. The normalized spacial score (nSPS) is 19.4. The Kier molecular flexibility index (Phi) is 13.0. The van der Waals surface area contributed by atoms with Crippen LogP contribution in [0.3, 0.4) is 0 Å². The Labute approximate surface area is 340 Å². The van der Waals surface area contributed by atoms with Gasteiger partial charge < -0.3 is 25.0 Å².